The third kappa shape index (κ3) is 3.20. The first-order chi connectivity index (χ1) is 6.59. The molecule has 0 spiro atoms. The van der Waals surface area contributed by atoms with E-state index in [0.29, 0.717) is 10.7 Å². The Morgan fingerprint density at radius 2 is 2.43 bits per heavy atom. The monoisotopic (exact) mass is 215 g/mol. The number of hydrogen-bond acceptors (Lipinski definition) is 3. The van der Waals surface area contributed by atoms with E-state index in [1.165, 1.54) is 6.20 Å². The van der Waals surface area contributed by atoms with Gasteiger partial charge in [0.2, 0.25) is 0 Å². The Morgan fingerprint density at radius 3 is 2.93 bits per heavy atom. The second-order valence-corrected chi connectivity index (χ2v) is 3.13. The minimum Gasteiger partial charge on any atom is -0.465 e. The molecule has 0 aliphatic heterocycles. The van der Waals surface area contributed by atoms with Gasteiger partial charge in [-0.2, -0.15) is 0 Å². The fraction of sp³-hybridized carbons (Fsp3) is 0.250. The lowest BCUT2D eigenvalue weighted by atomic mass is 10.2. The second kappa shape index (κ2) is 4.78. The number of carbonyl (C=O) groups is 1. The Labute approximate surface area is 85.9 Å². The van der Waals surface area contributed by atoms with Crippen molar-refractivity contribution >= 4 is 17.7 Å². The number of amides is 1. The SMILES string of the molecule is NC(CNC(=O)O)c1ccc(Cl)cn1. The summed E-state index contributed by atoms with van der Waals surface area (Å²) in [5.41, 5.74) is 6.26. The van der Waals surface area contributed by atoms with Gasteiger partial charge in [0.25, 0.3) is 0 Å². The van der Waals surface area contributed by atoms with Crippen molar-refractivity contribution in [2.45, 2.75) is 6.04 Å². The van der Waals surface area contributed by atoms with Crippen molar-refractivity contribution < 1.29 is 9.90 Å². The summed E-state index contributed by atoms with van der Waals surface area (Å²) in [6.07, 6.45) is 0.367. The van der Waals surface area contributed by atoms with Gasteiger partial charge in [-0.3, -0.25) is 4.98 Å². The molecule has 1 aromatic rings. The molecule has 1 aromatic heterocycles. The zero-order valence-electron chi connectivity index (χ0n) is 7.27. The molecule has 1 rings (SSSR count). The molecule has 0 saturated carbocycles. The molecule has 1 amide bonds. The Kier molecular flexibility index (Phi) is 3.67. The first kappa shape index (κ1) is 10.7. The van der Waals surface area contributed by atoms with Crippen LogP contribution in [-0.4, -0.2) is 22.7 Å². The van der Waals surface area contributed by atoms with Gasteiger partial charge in [-0.25, -0.2) is 4.79 Å². The van der Waals surface area contributed by atoms with Gasteiger partial charge in [0.15, 0.2) is 0 Å². The van der Waals surface area contributed by atoms with Gasteiger partial charge in [0, 0.05) is 12.7 Å². The van der Waals surface area contributed by atoms with E-state index < -0.39 is 12.1 Å². The second-order valence-electron chi connectivity index (χ2n) is 2.69. The van der Waals surface area contributed by atoms with Gasteiger partial charge >= 0.3 is 6.09 Å². The summed E-state index contributed by atoms with van der Waals surface area (Å²) in [6.45, 7) is 0.129. The minimum absolute atomic E-state index is 0.129. The van der Waals surface area contributed by atoms with E-state index in [4.69, 9.17) is 22.4 Å². The van der Waals surface area contributed by atoms with Crippen molar-refractivity contribution in [1.82, 2.24) is 10.3 Å². The van der Waals surface area contributed by atoms with Gasteiger partial charge in [-0.1, -0.05) is 11.6 Å². The molecule has 0 fully saturated rings. The maximum Gasteiger partial charge on any atom is 0.404 e. The van der Waals surface area contributed by atoms with Crippen LogP contribution in [0.1, 0.15) is 11.7 Å². The zero-order chi connectivity index (χ0) is 10.6. The van der Waals surface area contributed by atoms with Crippen LogP contribution in [0.2, 0.25) is 5.02 Å². The first-order valence-corrected chi connectivity index (χ1v) is 4.31. The average molecular weight is 216 g/mol. The highest BCUT2D eigenvalue weighted by Crippen LogP contribution is 2.10. The van der Waals surface area contributed by atoms with Crippen LogP contribution in [0.15, 0.2) is 18.3 Å². The maximum absolute atomic E-state index is 10.2. The molecule has 5 nitrogen and oxygen atoms in total. The van der Waals surface area contributed by atoms with Gasteiger partial charge in [-0.05, 0) is 12.1 Å². The van der Waals surface area contributed by atoms with E-state index in [0.717, 1.165) is 0 Å². The molecule has 0 aliphatic carbocycles. The van der Waals surface area contributed by atoms with Gasteiger partial charge in [0.1, 0.15) is 0 Å². The average Bonchev–Trinajstić information content (AvgIpc) is 2.15. The number of nitrogens with zero attached hydrogens (tertiary/aromatic N) is 1. The van der Waals surface area contributed by atoms with Crippen molar-refractivity contribution in [1.29, 1.82) is 0 Å². The predicted molar refractivity (Wildman–Crippen MR) is 52.2 cm³/mol. The lowest BCUT2D eigenvalue weighted by molar-refractivity contribution is 0.193. The predicted octanol–water partition coefficient (Wildman–Crippen LogP) is 1.00. The van der Waals surface area contributed by atoms with Gasteiger partial charge in [-0.15, -0.1) is 0 Å². The fourth-order valence-corrected chi connectivity index (χ4v) is 1.02. The molecule has 0 bridgehead atoms. The normalized spacial score (nSPS) is 12.1. The number of nitrogens with two attached hydrogens (primary N) is 1. The number of halogens is 1. The molecule has 1 unspecified atom stereocenters. The van der Waals surface area contributed by atoms with Crippen molar-refractivity contribution in [2.75, 3.05) is 6.54 Å². The molecule has 0 aliphatic rings. The molecule has 14 heavy (non-hydrogen) atoms. The summed E-state index contributed by atoms with van der Waals surface area (Å²) in [4.78, 5) is 14.1. The lowest BCUT2D eigenvalue weighted by Crippen LogP contribution is -2.31. The molecular formula is C8H10ClN3O2. The summed E-state index contributed by atoms with van der Waals surface area (Å²) in [7, 11) is 0. The highest BCUT2D eigenvalue weighted by molar-refractivity contribution is 6.30. The van der Waals surface area contributed by atoms with Crippen LogP contribution in [0.3, 0.4) is 0 Å². The molecule has 1 atom stereocenters. The summed E-state index contributed by atoms with van der Waals surface area (Å²) in [5.74, 6) is 0. The van der Waals surface area contributed by atoms with Crippen molar-refractivity contribution in [2.24, 2.45) is 5.73 Å². The fourth-order valence-electron chi connectivity index (χ4n) is 0.908. The smallest absolute Gasteiger partial charge is 0.404 e. The third-order valence-corrected chi connectivity index (χ3v) is 1.83. The van der Waals surface area contributed by atoms with Gasteiger partial charge in [0.05, 0.1) is 16.8 Å². The largest absolute Gasteiger partial charge is 0.465 e. The summed E-state index contributed by atoms with van der Waals surface area (Å²) in [6, 6.07) is 2.87. The molecule has 4 N–H and O–H groups in total. The maximum atomic E-state index is 10.2. The zero-order valence-corrected chi connectivity index (χ0v) is 8.03. The summed E-state index contributed by atoms with van der Waals surface area (Å²) >= 11 is 5.63. The van der Waals surface area contributed by atoms with E-state index in [1.807, 2.05) is 0 Å². The Hall–Kier alpha value is -1.33. The Bertz CT molecular complexity index is 315. The van der Waals surface area contributed by atoms with E-state index in [1.54, 1.807) is 12.1 Å². The van der Waals surface area contributed by atoms with Crippen LogP contribution in [0.25, 0.3) is 0 Å². The van der Waals surface area contributed by atoms with E-state index in [-0.39, 0.29) is 6.54 Å². The Balaban J connectivity index is 2.56. The molecule has 0 radical (unpaired) electrons. The highest BCUT2D eigenvalue weighted by Gasteiger charge is 2.07. The van der Waals surface area contributed by atoms with E-state index in [2.05, 4.69) is 10.3 Å². The summed E-state index contributed by atoms with van der Waals surface area (Å²) < 4.78 is 0. The van der Waals surface area contributed by atoms with Crippen LogP contribution >= 0.6 is 11.6 Å². The van der Waals surface area contributed by atoms with Crippen LogP contribution in [0.5, 0.6) is 0 Å². The molecule has 76 valence electrons. The number of carboxylic acid groups (broad SMARTS) is 1. The van der Waals surface area contributed by atoms with E-state index >= 15 is 0 Å². The molecule has 0 aromatic carbocycles. The topological polar surface area (TPSA) is 88.2 Å². The third-order valence-electron chi connectivity index (χ3n) is 1.60. The number of nitrogens with one attached hydrogen (secondary N) is 1. The number of rotatable bonds is 3. The van der Waals surface area contributed by atoms with E-state index in [9.17, 15) is 4.79 Å². The number of hydrogen-bond donors (Lipinski definition) is 3. The number of pyridine rings is 1. The highest BCUT2D eigenvalue weighted by atomic mass is 35.5. The quantitative estimate of drug-likeness (QED) is 0.702. The van der Waals surface area contributed by atoms with Crippen molar-refractivity contribution in [3.8, 4) is 0 Å². The van der Waals surface area contributed by atoms with Crippen LogP contribution in [0.4, 0.5) is 4.79 Å². The van der Waals surface area contributed by atoms with Crippen molar-refractivity contribution in [3.05, 3.63) is 29.0 Å². The lowest BCUT2D eigenvalue weighted by Gasteiger charge is -2.10. The molecule has 6 heteroatoms. The molecular weight excluding hydrogens is 206 g/mol. The minimum atomic E-state index is -1.10. The standard InChI is InChI=1S/C8H10ClN3O2/c9-5-1-2-7(11-3-5)6(10)4-12-8(13)14/h1-3,6,12H,4,10H2,(H,13,14). The van der Waals surface area contributed by atoms with Crippen LogP contribution in [0, 0.1) is 0 Å². The summed E-state index contributed by atoms with van der Waals surface area (Å²) in [5, 5.41) is 11.0. The Morgan fingerprint density at radius 1 is 1.71 bits per heavy atom. The molecule has 1 heterocycles. The first-order valence-electron chi connectivity index (χ1n) is 3.93. The number of aromatic nitrogens is 1. The van der Waals surface area contributed by atoms with Crippen molar-refractivity contribution in [3.63, 3.8) is 0 Å². The van der Waals surface area contributed by atoms with Crippen LogP contribution < -0.4 is 11.1 Å². The molecule has 0 saturated heterocycles. The van der Waals surface area contributed by atoms with Gasteiger partial charge < -0.3 is 16.2 Å². The van der Waals surface area contributed by atoms with Crippen LogP contribution in [-0.2, 0) is 0 Å².